The summed E-state index contributed by atoms with van der Waals surface area (Å²) in [7, 11) is 0. The lowest BCUT2D eigenvalue weighted by atomic mass is 9.67. The summed E-state index contributed by atoms with van der Waals surface area (Å²) in [6.07, 6.45) is 1.98. The van der Waals surface area contributed by atoms with Crippen LogP contribution in [-0.2, 0) is 14.3 Å². The molecule has 7 rings (SSSR count). The van der Waals surface area contributed by atoms with Crippen LogP contribution in [0.25, 0.3) is 10.8 Å². The van der Waals surface area contributed by atoms with Gasteiger partial charge in [0.25, 0.3) is 0 Å². The number of carbonyl (C=O) groups excluding carboxylic acids is 2. The van der Waals surface area contributed by atoms with Crippen LogP contribution in [0.4, 0.5) is 11.4 Å². The van der Waals surface area contributed by atoms with Crippen molar-refractivity contribution in [2.24, 2.45) is 11.8 Å². The number of rotatable bonds is 6. The highest BCUT2D eigenvalue weighted by atomic mass is 16.5. The van der Waals surface area contributed by atoms with E-state index in [1.807, 2.05) is 43.3 Å². The molecule has 40 heavy (non-hydrogen) atoms. The lowest BCUT2D eigenvalue weighted by molar-refractivity contribution is -0.131. The molecule has 2 amide bonds. The van der Waals surface area contributed by atoms with E-state index in [1.54, 1.807) is 12.1 Å². The number of benzene rings is 3. The lowest BCUT2D eigenvalue weighted by Crippen LogP contribution is -2.43. The number of anilines is 2. The zero-order chi connectivity index (χ0) is 27.5. The van der Waals surface area contributed by atoms with Crippen molar-refractivity contribution in [3.05, 3.63) is 66.2 Å². The molecule has 4 aliphatic heterocycles. The van der Waals surface area contributed by atoms with Crippen LogP contribution < -0.4 is 19.9 Å². The number of imide groups is 1. The van der Waals surface area contributed by atoms with Gasteiger partial charge in [-0.2, -0.15) is 5.26 Å². The fourth-order valence-electron chi connectivity index (χ4n) is 7.46. The van der Waals surface area contributed by atoms with Gasteiger partial charge in [-0.25, -0.2) is 4.90 Å². The number of hydrogen-bond acceptors (Lipinski definition) is 7. The Kier molecular flexibility index (Phi) is 5.84. The van der Waals surface area contributed by atoms with Crippen LogP contribution >= 0.6 is 0 Å². The molecule has 0 aliphatic carbocycles. The minimum absolute atomic E-state index is 0.210. The highest BCUT2D eigenvalue weighted by Gasteiger charge is 2.73. The van der Waals surface area contributed by atoms with Gasteiger partial charge in [0, 0.05) is 55.1 Å². The average molecular weight is 537 g/mol. The quantitative estimate of drug-likeness (QED) is 0.476. The van der Waals surface area contributed by atoms with Gasteiger partial charge in [0.15, 0.2) is 0 Å². The second kappa shape index (κ2) is 9.33. The van der Waals surface area contributed by atoms with Crippen LogP contribution in [-0.4, -0.2) is 55.8 Å². The number of carbonyl (C=O) groups is 2. The van der Waals surface area contributed by atoms with Crippen LogP contribution in [0.3, 0.4) is 0 Å². The number of piperazine rings is 1. The van der Waals surface area contributed by atoms with Gasteiger partial charge in [0.05, 0.1) is 47.0 Å². The number of nitriles is 1. The molecule has 4 unspecified atom stereocenters. The monoisotopic (exact) mass is 536 g/mol. The molecule has 4 fully saturated rings. The summed E-state index contributed by atoms with van der Waals surface area (Å²) in [6, 6.07) is 21.2. The molecular formula is C32H32N4O4. The van der Waals surface area contributed by atoms with Crippen molar-refractivity contribution in [3.8, 4) is 11.8 Å². The van der Waals surface area contributed by atoms with Crippen LogP contribution in [0, 0.1) is 23.2 Å². The fourth-order valence-corrected chi connectivity index (χ4v) is 7.46. The number of amides is 2. The first-order valence-corrected chi connectivity index (χ1v) is 14.1. The predicted octanol–water partition coefficient (Wildman–Crippen LogP) is 4.02. The standard InChI is InChI=1S/C32H32N4O4/c1-31-11-12-32(40-31,13-18-39-23-6-4-5-22(19-23)35-16-14-34-15-17-35)28-27(31)29(37)36(30(28)38)26-10-9-21(20-33)24-7-2-3-8-25(24)26/h2-10,19,27-28,34H,11-18H2,1H3. The SMILES string of the molecule is CC12CCC(CCOc3cccc(N4CCNCC4)c3)(O1)C1C(=O)N(c3ccc(C#N)c4ccccc34)C(=O)C12. The summed E-state index contributed by atoms with van der Waals surface area (Å²) >= 11 is 0. The van der Waals surface area contributed by atoms with E-state index in [9.17, 15) is 14.9 Å². The minimum Gasteiger partial charge on any atom is -0.493 e. The molecule has 3 aromatic carbocycles. The van der Waals surface area contributed by atoms with Gasteiger partial charge in [0.1, 0.15) is 5.75 Å². The molecule has 4 aliphatic rings. The molecule has 0 saturated carbocycles. The summed E-state index contributed by atoms with van der Waals surface area (Å²) in [6.45, 7) is 6.23. The van der Waals surface area contributed by atoms with Crippen molar-refractivity contribution >= 4 is 34.0 Å². The summed E-state index contributed by atoms with van der Waals surface area (Å²) in [5.74, 6) is -0.710. The van der Waals surface area contributed by atoms with E-state index >= 15 is 0 Å². The number of fused-ring (bicyclic) bond motifs is 6. The van der Waals surface area contributed by atoms with Crippen LogP contribution in [0.5, 0.6) is 5.75 Å². The minimum atomic E-state index is -0.737. The van der Waals surface area contributed by atoms with Gasteiger partial charge in [-0.15, -0.1) is 0 Å². The van der Waals surface area contributed by atoms with Crippen molar-refractivity contribution in [2.45, 2.75) is 37.4 Å². The van der Waals surface area contributed by atoms with Crippen LogP contribution in [0.1, 0.15) is 31.7 Å². The van der Waals surface area contributed by atoms with Gasteiger partial charge < -0.3 is 19.7 Å². The van der Waals surface area contributed by atoms with Gasteiger partial charge in [-0.05, 0) is 44.0 Å². The van der Waals surface area contributed by atoms with Crippen molar-refractivity contribution in [1.82, 2.24) is 5.32 Å². The Morgan fingerprint density at radius 3 is 2.58 bits per heavy atom. The van der Waals surface area contributed by atoms with E-state index in [1.165, 1.54) is 4.90 Å². The molecule has 1 N–H and O–H groups in total. The molecular weight excluding hydrogens is 504 g/mol. The summed E-state index contributed by atoms with van der Waals surface area (Å²) in [5, 5.41) is 14.4. The van der Waals surface area contributed by atoms with Gasteiger partial charge >= 0.3 is 0 Å². The topological polar surface area (TPSA) is 94.9 Å². The Hall–Kier alpha value is -3.93. The Balaban J connectivity index is 1.14. The van der Waals surface area contributed by atoms with Gasteiger partial charge in [0.2, 0.25) is 11.8 Å². The Morgan fingerprint density at radius 1 is 1.00 bits per heavy atom. The van der Waals surface area contributed by atoms with E-state index < -0.39 is 23.0 Å². The summed E-state index contributed by atoms with van der Waals surface area (Å²) in [4.78, 5) is 31.7. The molecule has 0 radical (unpaired) electrons. The van der Waals surface area contributed by atoms with Gasteiger partial charge in [-0.1, -0.05) is 30.3 Å². The second-order valence-electron chi connectivity index (χ2n) is 11.6. The average Bonchev–Trinajstić information content (AvgIpc) is 3.57. The first kappa shape index (κ1) is 25.1. The zero-order valence-corrected chi connectivity index (χ0v) is 22.6. The molecule has 4 atom stereocenters. The van der Waals surface area contributed by atoms with Crippen molar-refractivity contribution in [3.63, 3.8) is 0 Å². The van der Waals surface area contributed by atoms with Crippen molar-refractivity contribution < 1.29 is 19.1 Å². The number of hydrogen-bond donors (Lipinski definition) is 1. The number of nitrogens with zero attached hydrogens (tertiary/aromatic N) is 3. The molecule has 0 spiro atoms. The predicted molar refractivity (Wildman–Crippen MR) is 151 cm³/mol. The maximum Gasteiger partial charge on any atom is 0.240 e. The molecule has 3 aromatic rings. The highest BCUT2D eigenvalue weighted by Crippen LogP contribution is 2.62. The Morgan fingerprint density at radius 2 is 1.77 bits per heavy atom. The molecule has 204 valence electrons. The molecule has 8 heteroatoms. The van der Waals surface area contributed by atoms with E-state index in [4.69, 9.17) is 9.47 Å². The smallest absolute Gasteiger partial charge is 0.240 e. The van der Waals surface area contributed by atoms with E-state index in [0.29, 0.717) is 24.3 Å². The third-order valence-corrected chi connectivity index (χ3v) is 9.37. The number of nitrogens with one attached hydrogen (secondary N) is 1. The van der Waals surface area contributed by atoms with Crippen molar-refractivity contribution in [2.75, 3.05) is 42.6 Å². The fraction of sp³-hybridized carbons (Fsp3) is 0.406. The molecule has 8 nitrogen and oxygen atoms in total. The maximum absolute atomic E-state index is 14.1. The zero-order valence-electron chi connectivity index (χ0n) is 22.6. The third-order valence-electron chi connectivity index (χ3n) is 9.37. The second-order valence-corrected chi connectivity index (χ2v) is 11.6. The van der Waals surface area contributed by atoms with E-state index in [-0.39, 0.29) is 11.8 Å². The third kappa shape index (κ3) is 3.72. The van der Waals surface area contributed by atoms with Gasteiger partial charge in [-0.3, -0.25) is 9.59 Å². The highest BCUT2D eigenvalue weighted by molar-refractivity contribution is 6.26. The normalized spacial score (nSPS) is 29.2. The molecule has 4 heterocycles. The first-order valence-electron chi connectivity index (χ1n) is 14.1. The Labute approximate surface area is 233 Å². The maximum atomic E-state index is 14.1. The lowest BCUT2D eigenvalue weighted by Gasteiger charge is -2.31. The summed E-state index contributed by atoms with van der Waals surface area (Å²) < 4.78 is 12.8. The molecule has 0 aromatic heterocycles. The van der Waals surface area contributed by atoms with E-state index in [2.05, 4.69) is 28.4 Å². The molecule has 2 bridgehead atoms. The van der Waals surface area contributed by atoms with Crippen molar-refractivity contribution in [1.29, 1.82) is 5.26 Å². The van der Waals surface area contributed by atoms with Crippen LogP contribution in [0.15, 0.2) is 60.7 Å². The molecule has 4 saturated heterocycles. The van der Waals surface area contributed by atoms with E-state index in [0.717, 1.165) is 61.2 Å². The van der Waals surface area contributed by atoms with Crippen LogP contribution in [0.2, 0.25) is 0 Å². The number of ether oxygens (including phenoxy) is 2. The Bertz CT molecular complexity index is 1560. The largest absolute Gasteiger partial charge is 0.493 e. The summed E-state index contributed by atoms with van der Waals surface area (Å²) in [5.41, 5.74) is 0.780. The first-order chi connectivity index (χ1) is 19.4.